The van der Waals surface area contributed by atoms with E-state index in [0.717, 1.165) is 12.7 Å². The lowest BCUT2D eigenvalue weighted by molar-refractivity contribution is -0.120. The van der Waals surface area contributed by atoms with Gasteiger partial charge >= 0.3 is 0 Å². The van der Waals surface area contributed by atoms with Crippen LogP contribution >= 0.6 is 0 Å². The van der Waals surface area contributed by atoms with Crippen molar-refractivity contribution >= 4 is 15.9 Å². The summed E-state index contributed by atoms with van der Waals surface area (Å²) in [5, 5.41) is 5.67. The van der Waals surface area contributed by atoms with Gasteiger partial charge in [-0.05, 0) is 19.4 Å². The number of sulfonamides is 1. The molecule has 0 radical (unpaired) electrons. The van der Waals surface area contributed by atoms with Gasteiger partial charge in [-0.1, -0.05) is 6.92 Å². The first-order chi connectivity index (χ1) is 7.45. The lowest BCUT2D eigenvalue weighted by atomic mass is 10.4. The molecule has 0 fully saturated rings. The highest BCUT2D eigenvalue weighted by Crippen LogP contribution is 1.78. The van der Waals surface area contributed by atoms with E-state index in [4.69, 9.17) is 0 Å². The molecule has 0 unspecified atom stereocenters. The number of rotatable bonds is 9. The maximum absolute atomic E-state index is 11.1. The second kappa shape index (κ2) is 8.49. The van der Waals surface area contributed by atoms with Gasteiger partial charge in [-0.15, -0.1) is 0 Å². The maximum atomic E-state index is 11.1. The molecule has 96 valence electrons. The Morgan fingerprint density at radius 3 is 2.44 bits per heavy atom. The molecule has 7 heteroatoms. The zero-order chi connectivity index (χ0) is 12.4. The molecule has 16 heavy (non-hydrogen) atoms. The second-order valence-corrected chi connectivity index (χ2v) is 5.38. The van der Waals surface area contributed by atoms with Crippen molar-refractivity contribution in [1.82, 2.24) is 15.4 Å². The molecule has 0 bridgehead atoms. The molecule has 0 saturated carbocycles. The molecule has 0 aliphatic heterocycles. The van der Waals surface area contributed by atoms with Crippen molar-refractivity contribution in [3.05, 3.63) is 0 Å². The Balaban J connectivity index is 3.30. The summed E-state index contributed by atoms with van der Waals surface area (Å²) >= 11 is 0. The van der Waals surface area contributed by atoms with Gasteiger partial charge in [0.1, 0.15) is 0 Å². The lowest BCUT2D eigenvalue weighted by Crippen LogP contribution is -2.35. The van der Waals surface area contributed by atoms with Gasteiger partial charge in [0.15, 0.2) is 0 Å². The number of hydrogen-bond donors (Lipinski definition) is 3. The third kappa shape index (κ3) is 11.4. The van der Waals surface area contributed by atoms with Crippen molar-refractivity contribution in [2.45, 2.75) is 19.8 Å². The first kappa shape index (κ1) is 15.3. The lowest BCUT2D eigenvalue weighted by Gasteiger charge is -2.05. The largest absolute Gasteiger partial charge is 0.355 e. The van der Waals surface area contributed by atoms with E-state index < -0.39 is 10.0 Å². The SMILES string of the molecule is CCCNC(=O)CNCCCNS(C)(=O)=O. The van der Waals surface area contributed by atoms with E-state index in [1.165, 1.54) is 0 Å². The molecule has 0 aliphatic carbocycles. The normalized spacial score (nSPS) is 11.4. The number of hydrogen-bond acceptors (Lipinski definition) is 4. The molecule has 0 aromatic carbocycles. The molecule has 0 atom stereocenters. The predicted octanol–water partition coefficient (Wildman–Crippen LogP) is -0.958. The van der Waals surface area contributed by atoms with Crippen molar-refractivity contribution in [1.29, 1.82) is 0 Å². The van der Waals surface area contributed by atoms with Gasteiger partial charge in [0.25, 0.3) is 0 Å². The summed E-state index contributed by atoms with van der Waals surface area (Å²) in [4.78, 5) is 11.1. The fourth-order valence-electron chi connectivity index (χ4n) is 1.000. The van der Waals surface area contributed by atoms with Gasteiger partial charge in [0.2, 0.25) is 15.9 Å². The smallest absolute Gasteiger partial charge is 0.233 e. The molecule has 0 aliphatic rings. The molecule has 0 saturated heterocycles. The third-order valence-electron chi connectivity index (χ3n) is 1.75. The van der Waals surface area contributed by atoms with Crippen LogP contribution in [0.15, 0.2) is 0 Å². The maximum Gasteiger partial charge on any atom is 0.233 e. The number of carbonyl (C=O) groups excluding carboxylic acids is 1. The Morgan fingerprint density at radius 1 is 1.19 bits per heavy atom. The Hall–Kier alpha value is -0.660. The van der Waals surface area contributed by atoms with Crippen molar-refractivity contribution in [2.24, 2.45) is 0 Å². The van der Waals surface area contributed by atoms with Crippen LogP contribution in [0.2, 0.25) is 0 Å². The quantitative estimate of drug-likeness (QED) is 0.461. The molecular formula is C9H21N3O3S. The first-order valence-corrected chi connectivity index (χ1v) is 7.27. The molecular weight excluding hydrogens is 230 g/mol. The van der Waals surface area contributed by atoms with E-state index in [1.807, 2.05) is 6.92 Å². The van der Waals surface area contributed by atoms with Crippen LogP contribution in [0.25, 0.3) is 0 Å². The molecule has 3 N–H and O–H groups in total. The van der Waals surface area contributed by atoms with Crippen LogP contribution < -0.4 is 15.4 Å². The average Bonchev–Trinajstić information content (AvgIpc) is 2.18. The molecule has 1 amide bonds. The summed E-state index contributed by atoms with van der Waals surface area (Å²) in [6.45, 7) is 3.96. The standard InChI is InChI=1S/C9H21N3O3S/c1-3-5-11-9(13)8-10-6-4-7-12-16(2,14)15/h10,12H,3-8H2,1-2H3,(H,11,13). The molecule has 0 aromatic rings. The topological polar surface area (TPSA) is 87.3 Å². The molecule has 0 aromatic heterocycles. The highest BCUT2D eigenvalue weighted by Gasteiger charge is 2.00. The Labute approximate surface area is 97.2 Å². The average molecular weight is 251 g/mol. The van der Waals surface area contributed by atoms with Crippen molar-refractivity contribution in [3.63, 3.8) is 0 Å². The summed E-state index contributed by atoms with van der Waals surface area (Å²) in [5.74, 6) is -0.0297. The first-order valence-electron chi connectivity index (χ1n) is 5.37. The minimum absolute atomic E-state index is 0.0297. The fourth-order valence-corrected chi connectivity index (χ4v) is 1.51. The minimum atomic E-state index is -3.10. The van der Waals surface area contributed by atoms with Gasteiger partial charge in [0.05, 0.1) is 12.8 Å². The Bertz CT molecular complexity index is 290. The molecule has 0 spiro atoms. The van der Waals surface area contributed by atoms with Crippen LogP contribution in [0.4, 0.5) is 0 Å². The summed E-state index contributed by atoms with van der Waals surface area (Å²) in [7, 11) is -3.10. The van der Waals surface area contributed by atoms with E-state index >= 15 is 0 Å². The van der Waals surface area contributed by atoms with Gasteiger partial charge < -0.3 is 10.6 Å². The highest BCUT2D eigenvalue weighted by molar-refractivity contribution is 7.88. The molecule has 0 heterocycles. The van der Waals surface area contributed by atoms with Gasteiger partial charge in [-0.25, -0.2) is 13.1 Å². The highest BCUT2D eigenvalue weighted by atomic mass is 32.2. The molecule has 0 rings (SSSR count). The van der Waals surface area contributed by atoms with Crippen LogP contribution in [-0.2, 0) is 14.8 Å². The number of nitrogens with one attached hydrogen (secondary N) is 3. The summed E-state index contributed by atoms with van der Waals surface area (Å²) in [5.41, 5.74) is 0. The van der Waals surface area contributed by atoms with E-state index in [-0.39, 0.29) is 12.5 Å². The van der Waals surface area contributed by atoms with Crippen molar-refractivity contribution in [3.8, 4) is 0 Å². The minimum Gasteiger partial charge on any atom is -0.355 e. The zero-order valence-corrected chi connectivity index (χ0v) is 10.7. The van der Waals surface area contributed by atoms with E-state index in [9.17, 15) is 13.2 Å². The summed E-state index contributed by atoms with van der Waals surface area (Å²) in [6.07, 6.45) is 2.71. The second-order valence-electron chi connectivity index (χ2n) is 3.55. The van der Waals surface area contributed by atoms with Crippen LogP contribution in [0, 0.1) is 0 Å². The number of amides is 1. The zero-order valence-electron chi connectivity index (χ0n) is 9.88. The third-order valence-corrected chi connectivity index (χ3v) is 2.48. The van der Waals surface area contributed by atoms with Crippen LogP contribution in [0.5, 0.6) is 0 Å². The van der Waals surface area contributed by atoms with Crippen molar-refractivity contribution < 1.29 is 13.2 Å². The predicted molar refractivity (Wildman–Crippen MR) is 63.6 cm³/mol. The van der Waals surface area contributed by atoms with E-state index in [0.29, 0.717) is 26.1 Å². The summed E-state index contributed by atoms with van der Waals surface area (Å²) in [6, 6.07) is 0. The molecule has 6 nitrogen and oxygen atoms in total. The van der Waals surface area contributed by atoms with Gasteiger partial charge in [-0.2, -0.15) is 0 Å². The van der Waals surface area contributed by atoms with E-state index in [2.05, 4.69) is 15.4 Å². The number of carbonyl (C=O) groups is 1. The van der Waals surface area contributed by atoms with Gasteiger partial charge in [-0.3, -0.25) is 4.79 Å². The Kier molecular flexibility index (Phi) is 8.14. The fraction of sp³-hybridized carbons (Fsp3) is 0.889. The van der Waals surface area contributed by atoms with Crippen LogP contribution in [-0.4, -0.2) is 46.8 Å². The van der Waals surface area contributed by atoms with Gasteiger partial charge in [0, 0.05) is 13.1 Å². The van der Waals surface area contributed by atoms with Crippen LogP contribution in [0.1, 0.15) is 19.8 Å². The van der Waals surface area contributed by atoms with E-state index in [1.54, 1.807) is 0 Å². The monoisotopic (exact) mass is 251 g/mol. The summed E-state index contributed by atoms with van der Waals surface area (Å²) < 4.78 is 23.8. The van der Waals surface area contributed by atoms with Crippen molar-refractivity contribution in [2.75, 3.05) is 32.4 Å². The van der Waals surface area contributed by atoms with Crippen LogP contribution in [0.3, 0.4) is 0 Å². The Morgan fingerprint density at radius 2 is 1.88 bits per heavy atom.